The Labute approximate surface area is 122 Å². The third kappa shape index (κ3) is 5.82. The number of halogens is 1. The maximum atomic E-state index is 5.94. The van der Waals surface area contributed by atoms with E-state index in [0.29, 0.717) is 11.8 Å². The van der Waals surface area contributed by atoms with Gasteiger partial charge in [0, 0.05) is 17.4 Å². The van der Waals surface area contributed by atoms with Gasteiger partial charge in [-0.3, -0.25) is 0 Å². The Balaban J connectivity index is 2.72. The van der Waals surface area contributed by atoms with Crippen LogP contribution in [0.25, 0.3) is 0 Å². The molecule has 0 fully saturated rings. The van der Waals surface area contributed by atoms with Crippen molar-refractivity contribution in [3.63, 3.8) is 0 Å². The molecule has 1 aromatic heterocycles. The highest BCUT2D eigenvalue weighted by Crippen LogP contribution is 2.25. The molecule has 19 heavy (non-hydrogen) atoms. The van der Waals surface area contributed by atoms with Crippen LogP contribution >= 0.6 is 11.6 Å². The van der Waals surface area contributed by atoms with E-state index in [1.165, 1.54) is 6.42 Å². The molecule has 3 heteroatoms. The first-order chi connectivity index (χ1) is 8.82. The van der Waals surface area contributed by atoms with E-state index in [2.05, 4.69) is 45.7 Å². The van der Waals surface area contributed by atoms with Crippen LogP contribution in [0.3, 0.4) is 0 Å². The first-order valence-corrected chi connectivity index (χ1v) is 7.56. The van der Waals surface area contributed by atoms with Gasteiger partial charge in [-0.25, -0.2) is 4.98 Å². The number of ether oxygens (including phenoxy) is 1. The minimum absolute atomic E-state index is 0.0120. The maximum absolute atomic E-state index is 5.94. The Kier molecular flexibility index (Phi) is 6.12. The lowest BCUT2D eigenvalue weighted by molar-refractivity contribution is 0.285. The molecule has 0 unspecified atom stereocenters. The number of nitrogens with zero attached hydrogens (tertiary/aromatic N) is 1. The quantitative estimate of drug-likeness (QED) is 0.545. The predicted octanol–water partition coefficient (Wildman–Crippen LogP) is 4.93. The largest absolute Gasteiger partial charge is 0.478 e. The fourth-order valence-corrected chi connectivity index (χ4v) is 1.92. The van der Waals surface area contributed by atoms with Crippen LogP contribution in [0.15, 0.2) is 12.1 Å². The lowest BCUT2D eigenvalue weighted by atomic mass is 9.91. The van der Waals surface area contributed by atoms with E-state index < -0.39 is 0 Å². The van der Waals surface area contributed by atoms with Crippen LogP contribution in [0.2, 0.25) is 0 Å². The molecule has 0 aliphatic rings. The highest BCUT2D eigenvalue weighted by Gasteiger charge is 2.17. The van der Waals surface area contributed by atoms with Crippen LogP contribution in [-0.2, 0) is 11.3 Å². The summed E-state index contributed by atoms with van der Waals surface area (Å²) in [5.74, 6) is 1.91. The lowest BCUT2D eigenvalue weighted by Crippen LogP contribution is -2.15. The monoisotopic (exact) mass is 283 g/mol. The zero-order valence-electron chi connectivity index (χ0n) is 12.8. The molecule has 108 valence electrons. The Hall–Kier alpha value is -0.760. The summed E-state index contributed by atoms with van der Waals surface area (Å²) in [5, 5.41) is 0. The summed E-state index contributed by atoms with van der Waals surface area (Å²) in [6.07, 6.45) is 2.25. The number of hydrogen-bond acceptors (Lipinski definition) is 2. The van der Waals surface area contributed by atoms with E-state index in [-0.39, 0.29) is 5.41 Å². The molecule has 1 rings (SSSR count). The van der Waals surface area contributed by atoms with Gasteiger partial charge in [0.2, 0.25) is 5.88 Å². The van der Waals surface area contributed by atoms with Crippen molar-refractivity contribution in [3.8, 4) is 5.88 Å². The van der Waals surface area contributed by atoms with E-state index in [9.17, 15) is 0 Å². The van der Waals surface area contributed by atoms with Gasteiger partial charge in [0.15, 0.2) is 0 Å². The molecule has 0 N–H and O–H groups in total. The van der Waals surface area contributed by atoms with Gasteiger partial charge in [-0.15, -0.1) is 11.6 Å². The summed E-state index contributed by atoms with van der Waals surface area (Å²) in [5.41, 5.74) is 2.11. The summed E-state index contributed by atoms with van der Waals surface area (Å²) < 4.78 is 5.76. The summed E-state index contributed by atoms with van der Waals surface area (Å²) in [7, 11) is 0. The Morgan fingerprint density at radius 3 is 2.47 bits per heavy atom. The van der Waals surface area contributed by atoms with E-state index in [1.807, 2.05) is 6.07 Å². The number of pyridine rings is 1. The van der Waals surface area contributed by atoms with Gasteiger partial charge in [-0.2, -0.15) is 0 Å². The number of alkyl halides is 1. The van der Waals surface area contributed by atoms with Gasteiger partial charge < -0.3 is 4.74 Å². The minimum atomic E-state index is 0.0120. The van der Waals surface area contributed by atoms with Crippen molar-refractivity contribution in [2.24, 2.45) is 5.92 Å². The normalized spacial score (nSPS) is 11.9. The third-order valence-corrected chi connectivity index (χ3v) is 3.27. The first kappa shape index (κ1) is 16.3. The van der Waals surface area contributed by atoms with Gasteiger partial charge in [0.1, 0.15) is 0 Å². The van der Waals surface area contributed by atoms with Crippen LogP contribution in [0.4, 0.5) is 0 Å². The molecule has 0 saturated carbocycles. The van der Waals surface area contributed by atoms with Crippen molar-refractivity contribution in [2.45, 2.75) is 58.8 Å². The summed E-state index contributed by atoms with van der Waals surface area (Å²) >= 11 is 5.94. The summed E-state index contributed by atoms with van der Waals surface area (Å²) in [4.78, 5) is 4.59. The minimum Gasteiger partial charge on any atom is -0.478 e. The molecule has 0 amide bonds. The molecule has 0 radical (unpaired) electrons. The molecular weight excluding hydrogens is 258 g/mol. The molecule has 1 aromatic rings. The molecule has 0 spiro atoms. The molecule has 0 aliphatic carbocycles. The van der Waals surface area contributed by atoms with Crippen molar-refractivity contribution in [3.05, 3.63) is 23.4 Å². The molecule has 0 bridgehead atoms. The molecule has 0 aliphatic heterocycles. The fourth-order valence-electron chi connectivity index (χ4n) is 1.76. The van der Waals surface area contributed by atoms with Crippen molar-refractivity contribution >= 4 is 11.6 Å². The Morgan fingerprint density at radius 1 is 1.26 bits per heavy atom. The van der Waals surface area contributed by atoms with Crippen molar-refractivity contribution < 1.29 is 4.74 Å². The van der Waals surface area contributed by atoms with Gasteiger partial charge >= 0.3 is 0 Å². The molecule has 0 aromatic carbocycles. The van der Waals surface area contributed by atoms with E-state index in [4.69, 9.17) is 16.3 Å². The SMILES string of the molecule is CC(C)CCCOc1cc(CCl)cc(C(C)(C)C)n1. The second kappa shape index (κ2) is 7.14. The maximum Gasteiger partial charge on any atom is 0.213 e. The molecular formula is C16H26ClNO. The number of aromatic nitrogens is 1. The summed E-state index contributed by atoms with van der Waals surface area (Å²) in [6, 6.07) is 4.01. The second-order valence-corrected chi connectivity index (χ2v) is 6.73. The molecule has 2 nitrogen and oxygen atoms in total. The molecule has 0 saturated heterocycles. The summed E-state index contributed by atoms with van der Waals surface area (Å²) in [6.45, 7) is 11.6. The van der Waals surface area contributed by atoms with Crippen LogP contribution in [0.1, 0.15) is 58.7 Å². The third-order valence-electron chi connectivity index (χ3n) is 2.96. The van der Waals surface area contributed by atoms with Crippen molar-refractivity contribution in [1.82, 2.24) is 4.98 Å². The number of rotatable bonds is 6. The standard InChI is InChI=1S/C16H26ClNO/c1-12(2)7-6-8-19-15-10-13(11-17)9-14(18-15)16(3,4)5/h9-10,12H,6-8,11H2,1-5H3. The van der Waals surface area contributed by atoms with Crippen molar-refractivity contribution in [2.75, 3.05) is 6.61 Å². The number of hydrogen-bond donors (Lipinski definition) is 0. The highest BCUT2D eigenvalue weighted by atomic mass is 35.5. The van der Waals surface area contributed by atoms with Crippen LogP contribution in [0.5, 0.6) is 5.88 Å². The average molecular weight is 284 g/mol. The van der Waals surface area contributed by atoms with E-state index in [1.54, 1.807) is 0 Å². The van der Waals surface area contributed by atoms with Crippen molar-refractivity contribution in [1.29, 1.82) is 0 Å². The first-order valence-electron chi connectivity index (χ1n) is 7.03. The predicted molar refractivity (Wildman–Crippen MR) is 82.1 cm³/mol. The molecule has 1 heterocycles. The van der Waals surface area contributed by atoms with Gasteiger partial charge in [0.25, 0.3) is 0 Å². The highest BCUT2D eigenvalue weighted by molar-refractivity contribution is 6.17. The second-order valence-electron chi connectivity index (χ2n) is 6.47. The molecule has 0 atom stereocenters. The Morgan fingerprint density at radius 2 is 1.95 bits per heavy atom. The topological polar surface area (TPSA) is 22.1 Å². The van der Waals surface area contributed by atoms with Gasteiger partial charge in [-0.1, -0.05) is 34.6 Å². The van der Waals surface area contributed by atoms with Crippen LogP contribution < -0.4 is 4.74 Å². The zero-order valence-corrected chi connectivity index (χ0v) is 13.5. The zero-order chi connectivity index (χ0) is 14.5. The smallest absolute Gasteiger partial charge is 0.213 e. The van der Waals surface area contributed by atoms with Gasteiger partial charge in [-0.05, 0) is 30.4 Å². The van der Waals surface area contributed by atoms with Crippen LogP contribution in [0, 0.1) is 5.92 Å². The van der Waals surface area contributed by atoms with E-state index >= 15 is 0 Å². The van der Waals surface area contributed by atoms with Crippen LogP contribution in [-0.4, -0.2) is 11.6 Å². The fraction of sp³-hybridized carbons (Fsp3) is 0.688. The average Bonchev–Trinajstić information content (AvgIpc) is 2.33. The van der Waals surface area contributed by atoms with Gasteiger partial charge in [0.05, 0.1) is 12.3 Å². The van der Waals surface area contributed by atoms with E-state index in [0.717, 1.165) is 30.2 Å². The Bertz CT molecular complexity index is 396. The lowest BCUT2D eigenvalue weighted by Gasteiger charge is -2.19.